The Morgan fingerprint density at radius 1 is 1.17 bits per heavy atom. The molecule has 0 bridgehead atoms. The van der Waals surface area contributed by atoms with Crippen LogP contribution in [0.2, 0.25) is 0 Å². The summed E-state index contributed by atoms with van der Waals surface area (Å²) in [6.07, 6.45) is 10.6. The van der Waals surface area contributed by atoms with E-state index in [0.717, 1.165) is 17.4 Å². The fraction of sp³-hybridized carbons (Fsp3) is 1.00. The van der Waals surface area contributed by atoms with Crippen LogP contribution in [0.4, 0.5) is 0 Å². The summed E-state index contributed by atoms with van der Waals surface area (Å²) in [5, 5.41) is 3.67. The van der Waals surface area contributed by atoms with Crippen LogP contribution in [-0.4, -0.2) is 12.6 Å². The van der Waals surface area contributed by atoms with E-state index in [-0.39, 0.29) is 0 Å². The summed E-state index contributed by atoms with van der Waals surface area (Å²) < 4.78 is 0. The van der Waals surface area contributed by atoms with Gasteiger partial charge >= 0.3 is 0 Å². The first-order valence-corrected chi connectivity index (χ1v) is 5.62. The predicted octanol–water partition coefficient (Wildman–Crippen LogP) is 2.32. The first kappa shape index (κ1) is 7.37. The van der Waals surface area contributed by atoms with Gasteiger partial charge in [-0.05, 0) is 50.0 Å². The van der Waals surface area contributed by atoms with Crippen LogP contribution in [-0.2, 0) is 0 Å². The molecular weight excluding hydrogens is 146 g/mol. The van der Waals surface area contributed by atoms with Crippen LogP contribution in [0.25, 0.3) is 0 Å². The van der Waals surface area contributed by atoms with Gasteiger partial charge in [-0.3, -0.25) is 0 Å². The van der Waals surface area contributed by atoms with Crippen LogP contribution < -0.4 is 5.32 Å². The van der Waals surface area contributed by atoms with Crippen molar-refractivity contribution in [1.82, 2.24) is 5.32 Å². The molecule has 3 rings (SSSR count). The van der Waals surface area contributed by atoms with Crippen molar-refractivity contribution in [2.24, 2.45) is 11.3 Å². The fourth-order valence-electron chi connectivity index (χ4n) is 3.01. The van der Waals surface area contributed by atoms with Crippen molar-refractivity contribution < 1.29 is 0 Å². The molecule has 0 amide bonds. The second kappa shape index (κ2) is 2.47. The van der Waals surface area contributed by atoms with E-state index in [1.807, 2.05) is 0 Å². The normalized spacial score (nSPS) is 37.5. The second-order valence-corrected chi connectivity index (χ2v) is 5.15. The van der Waals surface area contributed by atoms with E-state index >= 15 is 0 Å². The maximum Gasteiger partial charge on any atom is 0.00683 e. The minimum absolute atomic E-state index is 0.863. The minimum atomic E-state index is 0.863. The lowest BCUT2D eigenvalue weighted by Gasteiger charge is -2.07. The zero-order valence-corrected chi connectivity index (χ0v) is 7.81. The second-order valence-electron chi connectivity index (χ2n) is 5.15. The maximum atomic E-state index is 3.67. The van der Waals surface area contributed by atoms with Crippen molar-refractivity contribution in [2.45, 2.75) is 51.0 Å². The molecule has 68 valence electrons. The Morgan fingerprint density at radius 2 is 1.92 bits per heavy atom. The molecule has 1 N–H and O–H groups in total. The molecule has 0 radical (unpaired) electrons. The van der Waals surface area contributed by atoms with Gasteiger partial charge in [-0.25, -0.2) is 0 Å². The third-order valence-corrected chi connectivity index (χ3v) is 4.19. The highest BCUT2D eigenvalue weighted by molar-refractivity contribution is 5.05. The zero-order chi connectivity index (χ0) is 8.02. The van der Waals surface area contributed by atoms with E-state index < -0.39 is 0 Å². The molecule has 1 unspecified atom stereocenters. The van der Waals surface area contributed by atoms with E-state index in [4.69, 9.17) is 0 Å². The Kier molecular flexibility index (Phi) is 1.52. The summed E-state index contributed by atoms with van der Waals surface area (Å²) >= 11 is 0. The topological polar surface area (TPSA) is 12.0 Å². The van der Waals surface area contributed by atoms with Crippen LogP contribution in [0.5, 0.6) is 0 Å². The summed E-state index contributed by atoms with van der Waals surface area (Å²) in [4.78, 5) is 0. The Hall–Kier alpha value is -0.0400. The smallest absolute Gasteiger partial charge is 0.00683 e. The van der Waals surface area contributed by atoms with Crippen molar-refractivity contribution in [1.29, 1.82) is 0 Å². The van der Waals surface area contributed by atoms with E-state index in [2.05, 4.69) is 5.32 Å². The lowest BCUT2D eigenvalue weighted by Crippen LogP contribution is -2.21. The Morgan fingerprint density at radius 3 is 2.58 bits per heavy atom. The Bertz CT molecular complexity index is 177. The molecule has 1 spiro atoms. The SMILES string of the molecule is C1CCC2(C1)CC2CNC1CC1. The highest BCUT2D eigenvalue weighted by Crippen LogP contribution is 2.62. The van der Waals surface area contributed by atoms with Crippen molar-refractivity contribution >= 4 is 0 Å². The largest absolute Gasteiger partial charge is 0.314 e. The molecule has 0 saturated heterocycles. The molecule has 0 aromatic rings. The monoisotopic (exact) mass is 165 g/mol. The third kappa shape index (κ3) is 1.19. The Balaban J connectivity index is 1.47. The van der Waals surface area contributed by atoms with Crippen LogP contribution in [0.3, 0.4) is 0 Å². The zero-order valence-electron chi connectivity index (χ0n) is 7.81. The van der Waals surface area contributed by atoms with Crippen LogP contribution >= 0.6 is 0 Å². The van der Waals surface area contributed by atoms with Crippen molar-refractivity contribution in [3.63, 3.8) is 0 Å². The maximum absolute atomic E-state index is 3.67. The molecule has 1 heteroatoms. The van der Waals surface area contributed by atoms with Gasteiger partial charge in [0.25, 0.3) is 0 Å². The van der Waals surface area contributed by atoms with Crippen molar-refractivity contribution in [3.05, 3.63) is 0 Å². The summed E-state index contributed by atoms with van der Waals surface area (Å²) in [5.74, 6) is 1.07. The summed E-state index contributed by atoms with van der Waals surface area (Å²) in [6.45, 7) is 1.34. The van der Waals surface area contributed by atoms with E-state index in [1.54, 1.807) is 19.3 Å². The molecule has 0 aromatic carbocycles. The van der Waals surface area contributed by atoms with Gasteiger partial charge in [-0.1, -0.05) is 12.8 Å². The van der Waals surface area contributed by atoms with E-state index in [9.17, 15) is 0 Å². The number of rotatable bonds is 3. The lowest BCUT2D eigenvalue weighted by molar-refractivity contribution is 0.451. The van der Waals surface area contributed by atoms with Gasteiger partial charge in [0.1, 0.15) is 0 Å². The van der Waals surface area contributed by atoms with Gasteiger partial charge in [-0.15, -0.1) is 0 Å². The summed E-state index contributed by atoms with van der Waals surface area (Å²) in [6, 6.07) is 0.920. The van der Waals surface area contributed by atoms with Crippen LogP contribution in [0.15, 0.2) is 0 Å². The molecule has 1 atom stereocenters. The van der Waals surface area contributed by atoms with Gasteiger partial charge in [0.15, 0.2) is 0 Å². The molecule has 12 heavy (non-hydrogen) atoms. The van der Waals surface area contributed by atoms with Gasteiger partial charge in [0, 0.05) is 6.04 Å². The average molecular weight is 165 g/mol. The van der Waals surface area contributed by atoms with Gasteiger partial charge in [-0.2, -0.15) is 0 Å². The van der Waals surface area contributed by atoms with E-state index in [0.29, 0.717) is 0 Å². The highest BCUT2D eigenvalue weighted by atomic mass is 15.0. The molecular formula is C11H19N. The number of hydrogen-bond donors (Lipinski definition) is 1. The van der Waals surface area contributed by atoms with Crippen LogP contribution in [0.1, 0.15) is 44.9 Å². The Labute approximate surface area is 74.9 Å². The fourth-order valence-corrected chi connectivity index (χ4v) is 3.01. The molecule has 0 heterocycles. The van der Waals surface area contributed by atoms with Crippen molar-refractivity contribution in [3.8, 4) is 0 Å². The molecule has 3 aliphatic rings. The van der Waals surface area contributed by atoms with E-state index in [1.165, 1.54) is 32.2 Å². The number of hydrogen-bond acceptors (Lipinski definition) is 1. The molecule has 0 aliphatic heterocycles. The first-order valence-electron chi connectivity index (χ1n) is 5.62. The minimum Gasteiger partial charge on any atom is -0.314 e. The summed E-state index contributed by atoms with van der Waals surface area (Å²) in [7, 11) is 0. The molecule has 3 fully saturated rings. The quantitative estimate of drug-likeness (QED) is 0.676. The number of nitrogens with one attached hydrogen (secondary N) is 1. The van der Waals surface area contributed by atoms with Gasteiger partial charge in [0.2, 0.25) is 0 Å². The van der Waals surface area contributed by atoms with Gasteiger partial charge < -0.3 is 5.32 Å². The van der Waals surface area contributed by atoms with Gasteiger partial charge in [0.05, 0.1) is 0 Å². The summed E-state index contributed by atoms with van der Waals surface area (Å²) in [5.41, 5.74) is 0.863. The first-order chi connectivity index (χ1) is 5.89. The molecule has 3 aliphatic carbocycles. The lowest BCUT2D eigenvalue weighted by atomic mass is 10.0. The standard InChI is InChI=1S/C11H19N/c1-2-6-11(5-1)7-9(11)8-12-10-3-4-10/h9-10,12H,1-8H2. The molecule has 0 aromatic heterocycles. The van der Waals surface area contributed by atoms with Crippen LogP contribution in [0, 0.1) is 11.3 Å². The molecule has 1 nitrogen and oxygen atoms in total. The van der Waals surface area contributed by atoms with Crippen molar-refractivity contribution in [2.75, 3.05) is 6.54 Å². The molecule has 3 saturated carbocycles. The predicted molar refractivity (Wildman–Crippen MR) is 50.0 cm³/mol. The average Bonchev–Trinajstić information content (AvgIpc) is 2.90. The third-order valence-electron chi connectivity index (χ3n) is 4.19. The highest BCUT2D eigenvalue weighted by Gasteiger charge is 2.54.